The third kappa shape index (κ3) is 5.41. The lowest BCUT2D eigenvalue weighted by Gasteiger charge is -2.27. The number of carboxylic acid groups (broad SMARTS) is 2. The molecule has 0 radical (unpaired) electrons. The normalized spacial score (nSPS) is 26.5. The number of carbonyl (C=O) groups excluding carboxylic acids is 1. The second kappa shape index (κ2) is 10.5. The summed E-state index contributed by atoms with van der Waals surface area (Å²) < 4.78 is 4.50. The molecule has 8 heteroatoms. The number of aliphatic hydroxyl groups excluding tert-OH is 1. The van der Waals surface area contributed by atoms with Crippen LogP contribution in [-0.4, -0.2) is 56.1 Å². The van der Waals surface area contributed by atoms with E-state index in [0.29, 0.717) is 6.42 Å². The van der Waals surface area contributed by atoms with E-state index in [1.165, 1.54) is 25.7 Å². The summed E-state index contributed by atoms with van der Waals surface area (Å²) >= 11 is 0. The number of ether oxygens (including phenoxy) is 1. The van der Waals surface area contributed by atoms with E-state index in [1.807, 2.05) is 0 Å². The van der Waals surface area contributed by atoms with Gasteiger partial charge in [-0.3, -0.25) is 4.79 Å². The minimum atomic E-state index is -2.97. The zero-order valence-corrected chi connectivity index (χ0v) is 15.2. The SMILES string of the molecule is CCCCCCCCCCCC(O)C1C(=O)OC(C(=O)O)C1(O)C(=O)O. The van der Waals surface area contributed by atoms with Gasteiger partial charge in [0, 0.05) is 0 Å². The third-order valence-corrected chi connectivity index (χ3v) is 4.92. The van der Waals surface area contributed by atoms with Crippen LogP contribution in [0.5, 0.6) is 0 Å². The molecule has 0 aromatic rings. The lowest BCUT2D eigenvalue weighted by molar-refractivity contribution is -0.181. The first-order valence-electron chi connectivity index (χ1n) is 9.33. The molecule has 4 N–H and O–H groups in total. The summed E-state index contributed by atoms with van der Waals surface area (Å²) in [6.07, 6.45) is 5.82. The molecule has 0 bridgehead atoms. The smallest absolute Gasteiger partial charge is 0.348 e. The molecule has 1 aliphatic heterocycles. The number of aliphatic hydroxyl groups is 2. The highest BCUT2D eigenvalue weighted by Crippen LogP contribution is 2.37. The van der Waals surface area contributed by atoms with Crippen molar-refractivity contribution in [2.75, 3.05) is 0 Å². The number of esters is 1. The van der Waals surface area contributed by atoms with Crippen molar-refractivity contribution in [3.63, 3.8) is 0 Å². The molecule has 8 nitrogen and oxygen atoms in total. The van der Waals surface area contributed by atoms with Crippen LogP contribution in [0.2, 0.25) is 0 Å². The van der Waals surface area contributed by atoms with Crippen LogP contribution < -0.4 is 0 Å². The van der Waals surface area contributed by atoms with Crippen LogP contribution >= 0.6 is 0 Å². The van der Waals surface area contributed by atoms with Crippen molar-refractivity contribution < 1.29 is 39.5 Å². The van der Waals surface area contributed by atoms with E-state index in [-0.39, 0.29) is 6.42 Å². The molecule has 0 aromatic carbocycles. The summed E-state index contributed by atoms with van der Waals surface area (Å²) in [6, 6.07) is 0. The summed E-state index contributed by atoms with van der Waals surface area (Å²) in [7, 11) is 0. The van der Waals surface area contributed by atoms with Gasteiger partial charge >= 0.3 is 17.9 Å². The van der Waals surface area contributed by atoms with E-state index >= 15 is 0 Å². The van der Waals surface area contributed by atoms with Crippen molar-refractivity contribution >= 4 is 17.9 Å². The maximum absolute atomic E-state index is 11.8. The number of carboxylic acids is 2. The molecule has 150 valence electrons. The number of unbranched alkanes of at least 4 members (excludes halogenated alkanes) is 8. The van der Waals surface area contributed by atoms with Gasteiger partial charge in [-0.1, -0.05) is 64.7 Å². The summed E-state index contributed by atoms with van der Waals surface area (Å²) in [5.74, 6) is -6.67. The zero-order chi connectivity index (χ0) is 19.7. The molecule has 1 aliphatic rings. The topological polar surface area (TPSA) is 141 Å². The maximum atomic E-state index is 11.8. The number of rotatable bonds is 13. The Hall–Kier alpha value is -1.67. The average Bonchev–Trinajstić information content (AvgIpc) is 2.85. The molecule has 0 amide bonds. The Labute approximate surface area is 153 Å². The van der Waals surface area contributed by atoms with E-state index in [1.54, 1.807) is 0 Å². The van der Waals surface area contributed by atoms with Crippen molar-refractivity contribution in [3.05, 3.63) is 0 Å². The van der Waals surface area contributed by atoms with Crippen molar-refractivity contribution in [2.45, 2.75) is 88.9 Å². The predicted molar refractivity (Wildman–Crippen MR) is 91.4 cm³/mol. The minimum Gasteiger partial charge on any atom is -0.479 e. The van der Waals surface area contributed by atoms with Gasteiger partial charge in [0.15, 0.2) is 0 Å². The van der Waals surface area contributed by atoms with Gasteiger partial charge in [0.25, 0.3) is 0 Å². The maximum Gasteiger partial charge on any atom is 0.348 e. The van der Waals surface area contributed by atoms with E-state index in [2.05, 4.69) is 11.7 Å². The van der Waals surface area contributed by atoms with Crippen LogP contribution in [0.4, 0.5) is 0 Å². The van der Waals surface area contributed by atoms with E-state index in [0.717, 1.165) is 25.7 Å². The minimum absolute atomic E-state index is 0.0948. The van der Waals surface area contributed by atoms with Crippen molar-refractivity contribution in [1.82, 2.24) is 0 Å². The summed E-state index contributed by atoms with van der Waals surface area (Å²) in [4.78, 5) is 34.3. The van der Waals surface area contributed by atoms with E-state index in [9.17, 15) is 29.7 Å². The van der Waals surface area contributed by atoms with Crippen LogP contribution in [0.3, 0.4) is 0 Å². The molecule has 0 spiro atoms. The van der Waals surface area contributed by atoms with Gasteiger partial charge in [0.2, 0.25) is 11.7 Å². The highest BCUT2D eigenvalue weighted by molar-refractivity contribution is 5.97. The Balaban J connectivity index is 2.45. The first kappa shape index (κ1) is 22.4. The van der Waals surface area contributed by atoms with Crippen molar-refractivity contribution in [3.8, 4) is 0 Å². The largest absolute Gasteiger partial charge is 0.479 e. The lowest BCUT2D eigenvalue weighted by atomic mass is 9.80. The third-order valence-electron chi connectivity index (χ3n) is 4.92. The van der Waals surface area contributed by atoms with E-state index < -0.39 is 41.6 Å². The molecule has 0 saturated carbocycles. The second-order valence-electron chi connectivity index (χ2n) is 6.95. The average molecular weight is 374 g/mol. The van der Waals surface area contributed by atoms with Crippen LogP contribution in [0.1, 0.15) is 71.1 Å². The number of aliphatic carboxylic acids is 2. The molecular weight excluding hydrogens is 344 g/mol. The summed E-state index contributed by atoms with van der Waals surface area (Å²) in [6.45, 7) is 2.16. The number of hydrogen-bond acceptors (Lipinski definition) is 6. The monoisotopic (exact) mass is 374 g/mol. The highest BCUT2D eigenvalue weighted by Gasteiger charge is 2.66. The molecule has 26 heavy (non-hydrogen) atoms. The van der Waals surface area contributed by atoms with Crippen molar-refractivity contribution in [1.29, 1.82) is 0 Å². The number of carbonyl (C=O) groups is 3. The summed E-state index contributed by atoms with van der Waals surface area (Å²) in [5, 5.41) is 38.6. The molecule has 4 unspecified atom stereocenters. The predicted octanol–water partition coefficient (Wildman–Crippen LogP) is 1.71. The second-order valence-corrected chi connectivity index (χ2v) is 6.95. The van der Waals surface area contributed by atoms with Crippen molar-refractivity contribution in [2.24, 2.45) is 5.92 Å². The molecule has 0 aromatic heterocycles. The molecule has 1 fully saturated rings. The fourth-order valence-electron chi connectivity index (χ4n) is 3.39. The van der Waals surface area contributed by atoms with Gasteiger partial charge in [0.05, 0.1) is 6.10 Å². The number of cyclic esters (lactones) is 1. The van der Waals surface area contributed by atoms with Gasteiger partial charge < -0.3 is 25.2 Å². The van der Waals surface area contributed by atoms with Crippen LogP contribution in [0, 0.1) is 5.92 Å². The molecule has 4 atom stereocenters. The molecule has 0 aliphatic carbocycles. The Morgan fingerprint density at radius 1 is 1.04 bits per heavy atom. The Morgan fingerprint density at radius 3 is 2.00 bits per heavy atom. The van der Waals surface area contributed by atoms with Gasteiger partial charge in [-0.15, -0.1) is 0 Å². The lowest BCUT2D eigenvalue weighted by Crippen LogP contribution is -2.57. The Morgan fingerprint density at radius 2 is 1.54 bits per heavy atom. The molecule has 1 rings (SSSR count). The van der Waals surface area contributed by atoms with Crippen LogP contribution in [0.25, 0.3) is 0 Å². The fourth-order valence-corrected chi connectivity index (χ4v) is 3.39. The zero-order valence-electron chi connectivity index (χ0n) is 15.2. The quantitative estimate of drug-likeness (QED) is 0.282. The number of hydrogen-bond donors (Lipinski definition) is 4. The van der Waals surface area contributed by atoms with Crippen LogP contribution in [-0.2, 0) is 19.1 Å². The first-order valence-corrected chi connectivity index (χ1v) is 9.33. The first-order chi connectivity index (χ1) is 12.3. The van der Waals surface area contributed by atoms with Gasteiger partial charge in [-0.2, -0.15) is 0 Å². The molecular formula is C18H30O8. The Bertz CT molecular complexity index is 492. The Kier molecular flexibility index (Phi) is 9.01. The van der Waals surface area contributed by atoms with Gasteiger partial charge in [-0.05, 0) is 6.42 Å². The standard InChI is InChI=1S/C18H30O8/c1-2-3-4-5-6-7-8-9-10-11-12(19)13-16(22)26-14(15(20)21)18(13,25)17(23)24/h12-14,19,25H,2-11H2,1H3,(H,20,21)(H,23,24). The van der Waals surface area contributed by atoms with E-state index in [4.69, 9.17) is 5.11 Å². The van der Waals surface area contributed by atoms with Crippen LogP contribution in [0.15, 0.2) is 0 Å². The van der Waals surface area contributed by atoms with Gasteiger partial charge in [0.1, 0.15) is 5.92 Å². The summed E-state index contributed by atoms with van der Waals surface area (Å²) in [5.41, 5.74) is -2.97. The fraction of sp³-hybridized carbons (Fsp3) is 0.833. The molecule has 1 heterocycles. The van der Waals surface area contributed by atoms with Gasteiger partial charge in [-0.25, -0.2) is 9.59 Å². The highest BCUT2D eigenvalue weighted by atomic mass is 16.6. The molecule has 1 saturated heterocycles.